The van der Waals surface area contributed by atoms with Crippen LogP contribution < -0.4 is 4.72 Å². The Morgan fingerprint density at radius 3 is 2.38 bits per heavy atom. The van der Waals surface area contributed by atoms with E-state index in [0.717, 1.165) is 65.0 Å². The molecule has 1 aromatic rings. The number of fused-ring (bicyclic) bond motifs is 1. The van der Waals surface area contributed by atoms with Gasteiger partial charge in [0.05, 0.1) is 36.5 Å². The molecule has 3 aliphatic rings. The summed E-state index contributed by atoms with van der Waals surface area (Å²) in [5.74, 6) is -0.604. The third-order valence-corrected chi connectivity index (χ3v) is 8.47. The predicted octanol–water partition coefficient (Wildman–Crippen LogP) is 1.67. The van der Waals surface area contributed by atoms with Crippen LogP contribution in [0, 0.1) is 18.8 Å². The summed E-state index contributed by atoms with van der Waals surface area (Å²) >= 11 is 0. The van der Waals surface area contributed by atoms with Crippen LogP contribution in [0.4, 0.5) is 0 Å². The van der Waals surface area contributed by atoms with Crippen LogP contribution in [0.5, 0.6) is 0 Å². The molecule has 2 unspecified atom stereocenters. The van der Waals surface area contributed by atoms with E-state index in [1.54, 1.807) is 25.1 Å². The molecule has 32 heavy (non-hydrogen) atoms. The Bertz CT molecular complexity index is 934. The smallest absolute Gasteiger partial charge is 0.240 e. The largest absolute Gasteiger partial charge is 0.379 e. The lowest BCUT2D eigenvalue weighted by atomic mass is 9.81. The lowest BCUT2D eigenvalue weighted by Crippen LogP contribution is -2.38. The molecule has 1 aromatic carbocycles. The Labute approximate surface area is 190 Å². The summed E-state index contributed by atoms with van der Waals surface area (Å²) in [5.41, 5.74) is 1.30. The van der Waals surface area contributed by atoms with Gasteiger partial charge in [0, 0.05) is 19.6 Å². The fourth-order valence-electron chi connectivity index (χ4n) is 5.01. The number of carbonyl (C=O) groups is 2. The summed E-state index contributed by atoms with van der Waals surface area (Å²) < 4.78 is 33.9. The molecule has 3 fully saturated rings. The van der Waals surface area contributed by atoms with Gasteiger partial charge in [-0.1, -0.05) is 25.0 Å². The van der Waals surface area contributed by atoms with E-state index in [-0.39, 0.29) is 35.1 Å². The van der Waals surface area contributed by atoms with E-state index in [0.29, 0.717) is 17.7 Å². The monoisotopic (exact) mass is 463 g/mol. The summed E-state index contributed by atoms with van der Waals surface area (Å²) in [7, 11) is -3.68. The molecule has 176 valence electrons. The lowest BCUT2D eigenvalue weighted by molar-refractivity contribution is -0.140. The topological polar surface area (TPSA) is 96.0 Å². The number of nitrogens with zero attached hydrogens (tertiary/aromatic N) is 2. The normalized spacial score (nSPS) is 24.7. The van der Waals surface area contributed by atoms with Crippen molar-refractivity contribution in [2.45, 2.75) is 50.5 Å². The SMILES string of the molecule is Cc1ccc(CN2C(=O)C3CCCCC3C2=O)cc1S(=O)(=O)NCCCN1CCOCC1. The Balaban J connectivity index is 1.39. The summed E-state index contributed by atoms with van der Waals surface area (Å²) in [5, 5.41) is 0. The van der Waals surface area contributed by atoms with Crippen molar-refractivity contribution in [3.05, 3.63) is 29.3 Å². The zero-order chi connectivity index (χ0) is 22.7. The van der Waals surface area contributed by atoms with Crippen molar-refractivity contribution >= 4 is 21.8 Å². The number of imide groups is 1. The second-order valence-electron chi connectivity index (χ2n) is 9.07. The molecule has 0 aromatic heterocycles. The number of sulfonamides is 1. The summed E-state index contributed by atoms with van der Waals surface area (Å²) in [4.78, 5) is 29.3. The molecular weight excluding hydrogens is 430 g/mol. The Kier molecular flexibility index (Phi) is 7.29. The predicted molar refractivity (Wildman–Crippen MR) is 119 cm³/mol. The number of hydrogen-bond acceptors (Lipinski definition) is 6. The molecule has 2 aliphatic heterocycles. The first kappa shape index (κ1) is 23.4. The van der Waals surface area contributed by atoms with Gasteiger partial charge in [-0.15, -0.1) is 0 Å². The second kappa shape index (κ2) is 9.99. The third kappa shape index (κ3) is 5.06. The van der Waals surface area contributed by atoms with E-state index in [4.69, 9.17) is 4.74 Å². The van der Waals surface area contributed by atoms with Crippen molar-refractivity contribution in [1.82, 2.24) is 14.5 Å². The molecule has 9 heteroatoms. The molecule has 2 heterocycles. The first-order chi connectivity index (χ1) is 15.4. The van der Waals surface area contributed by atoms with Crippen LogP contribution in [0.3, 0.4) is 0 Å². The summed E-state index contributed by atoms with van der Waals surface area (Å²) in [6.07, 6.45) is 4.23. The maximum absolute atomic E-state index is 12.9. The van der Waals surface area contributed by atoms with Gasteiger partial charge in [0.2, 0.25) is 21.8 Å². The highest BCUT2D eigenvalue weighted by Crippen LogP contribution is 2.38. The van der Waals surface area contributed by atoms with E-state index < -0.39 is 10.0 Å². The number of amides is 2. The maximum atomic E-state index is 12.9. The standard InChI is InChI=1S/C23H33N3O5S/c1-17-7-8-18(16-26-22(27)19-5-2-3-6-20(19)23(26)28)15-21(17)32(29,30)24-9-4-10-25-11-13-31-14-12-25/h7-8,15,19-20,24H,2-6,9-14,16H2,1H3. The lowest BCUT2D eigenvalue weighted by Gasteiger charge is -2.26. The van der Waals surface area contributed by atoms with Gasteiger partial charge in [-0.3, -0.25) is 19.4 Å². The minimum atomic E-state index is -3.68. The number of ether oxygens (including phenoxy) is 1. The van der Waals surface area contributed by atoms with Crippen molar-refractivity contribution in [2.75, 3.05) is 39.4 Å². The number of benzene rings is 1. The fraction of sp³-hybridized carbons (Fsp3) is 0.652. The first-order valence-corrected chi connectivity index (χ1v) is 13.1. The number of likely N-dealkylation sites (tertiary alicyclic amines) is 1. The first-order valence-electron chi connectivity index (χ1n) is 11.6. The summed E-state index contributed by atoms with van der Waals surface area (Å²) in [6, 6.07) is 5.15. The molecule has 2 atom stereocenters. The molecule has 0 radical (unpaired) electrons. The molecule has 1 aliphatic carbocycles. The quantitative estimate of drug-likeness (QED) is 0.465. The highest BCUT2D eigenvalue weighted by molar-refractivity contribution is 7.89. The molecular formula is C23H33N3O5S. The molecule has 4 rings (SSSR count). The van der Waals surface area contributed by atoms with Crippen LogP contribution >= 0.6 is 0 Å². The van der Waals surface area contributed by atoms with Crippen molar-refractivity contribution in [3.63, 3.8) is 0 Å². The Morgan fingerprint density at radius 1 is 1.06 bits per heavy atom. The average Bonchev–Trinajstić information content (AvgIpc) is 3.03. The van der Waals surface area contributed by atoms with Crippen molar-refractivity contribution < 1.29 is 22.7 Å². The second-order valence-corrected chi connectivity index (χ2v) is 10.8. The van der Waals surface area contributed by atoms with Crippen LogP contribution in [0.15, 0.2) is 23.1 Å². The average molecular weight is 464 g/mol. The minimum Gasteiger partial charge on any atom is -0.379 e. The highest BCUT2D eigenvalue weighted by atomic mass is 32.2. The Morgan fingerprint density at radius 2 is 1.72 bits per heavy atom. The van der Waals surface area contributed by atoms with Gasteiger partial charge in [-0.05, 0) is 49.9 Å². The molecule has 8 nitrogen and oxygen atoms in total. The van der Waals surface area contributed by atoms with Gasteiger partial charge in [-0.2, -0.15) is 0 Å². The van der Waals surface area contributed by atoms with Crippen LogP contribution in [-0.4, -0.2) is 69.4 Å². The number of rotatable bonds is 8. The van der Waals surface area contributed by atoms with E-state index in [2.05, 4.69) is 9.62 Å². The van der Waals surface area contributed by atoms with Crippen LogP contribution in [0.2, 0.25) is 0 Å². The molecule has 0 bridgehead atoms. The van der Waals surface area contributed by atoms with Gasteiger partial charge in [0.15, 0.2) is 0 Å². The highest BCUT2D eigenvalue weighted by Gasteiger charge is 2.47. The molecule has 2 saturated heterocycles. The van der Waals surface area contributed by atoms with Gasteiger partial charge in [-0.25, -0.2) is 13.1 Å². The van der Waals surface area contributed by atoms with Crippen molar-refractivity contribution in [1.29, 1.82) is 0 Å². The maximum Gasteiger partial charge on any atom is 0.240 e. The van der Waals surface area contributed by atoms with Gasteiger partial charge >= 0.3 is 0 Å². The molecule has 1 saturated carbocycles. The van der Waals surface area contributed by atoms with E-state index >= 15 is 0 Å². The molecule has 0 spiro atoms. The number of aryl methyl sites for hydroxylation is 1. The van der Waals surface area contributed by atoms with Crippen LogP contribution in [0.25, 0.3) is 0 Å². The third-order valence-electron chi connectivity index (χ3n) is 6.86. The number of nitrogens with one attached hydrogen (secondary N) is 1. The van der Waals surface area contributed by atoms with E-state index in [9.17, 15) is 18.0 Å². The van der Waals surface area contributed by atoms with Gasteiger partial charge in [0.1, 0.15) is 0 Å². The Hall–Kier alpha value is -1.81. The minimum absolute atomic E-state index is 0.106. The van der Waals surface area contributed by atoms with Gasteiger partial charge in [0.25, 0.3) is 0 Å². The van der Waals surface area contributed by atoms with Crippen LogP contribution in [-0.2, 0) is 30.9 Å². The van der Waals surface area contributed by atoms with E-state index in [1.807, 2.05) is 0 Å². The zero-order valence-electron chi connectivity index (χ0n) is 18.7. The van der Waals surface area contributed by atoms with Crippen molar-refractivity contribution in [3.8, 4) is 0 Å². The number of carbonyl (C=O) groups excluding carboxylic acids is 2. The molecule has 2 amide bonds. The zero-order valence-corrected chi connectivity index (χ0v) is 19.5. The van der Waals surface area contributed by atoms with Crippen molar-refractivity contribution in [2.24, 2.45) is 11.8 Å². The number of hydrogen-bond donors (Lipinski definition) is 1. The van der Waals surface area contributed by atoms with Crippen LogP contribution in [0.1, 0.15) is 43.2 Å². The number of morpholine rings is 1. The van der Waals surface area contributed by atoms with E-state index in [1.165, 1.54) is 4.90 Å². The summed E-state index contributed by atoms with van der Waals surface area (Å²) in [6.45, 7) is 6.27. The van der Waals surface area contributed by atoms with Gasteiger partial charge < -0.3 is 4.74 Å². The fourth-order valence-corrected chi connectivity index (χ4v) is 6.38. The molecule has 1 N–H and O–H groups in total.